The quantitative estimate of drug-likeness (QED) is 0.376. The minimum absolute atomic E-state index is 0.0538. The SMILES string of the molecule is Cc1cc2oc(=O)cc(COC(=O)CN3C(=O)Cc4ccccc4C3=O)c2cc1C. The Morgan fingerprint density at radius 2 is 1.80 bits per heavy atom. The number of fused-ring (bicyclic) bond motifs is 2. The van der Waals surface area contributed by atoms with Crippen LogP contribution in [0.3, 0.4) is 0 Å². The zero-order chi connectivity index (χ0) is 21.4. The molecule has 0 radical (unpaired) electrons. The maximum atomic E-state index is 12.6. The number of imide groups is 1. The molecule has 1 aliphatic heterocycles. The van der Waals surface area contributed by atoms with Crippen molar-refractivity contribution in [3.8, 4) is 0 Å². The van der Waals surface area contributed by atoms with Crippen molar-refractivity contribution < 1.29 is 23.5 Å². The summed E-state index contributed by atoms with van der Waals surface area (Å²) in [5, 5.41) is 0.671. The number of nitrogens with zero attached hydrogens (tertiary/aromatic N) is 1. The van der Waals surface area contributed by atoms with E-state index in [4.69, 9.17) is 9.15 Å². The minimum Gasteiger partial charge on any atom is -0.459 e. The van der Waals surface area contributed by atoms with Crippen LogP contribution in [0.1, 0.15) is 32.6 Å². The molecule has 4 rings (SSSR count). The lowest BCUT2D eigenvalue weighted by molar-refractivity contribution is -0.149. The molecule has 2 amide bonds. The topological polar surface area (TPSA) is 93.9 Å². The molecule has 0 spiro atoms. The van der Waals surface area contributed by atoms with E-state index in [0.717, 1.165) is 16.0 Å². The molecular weight excluding hydrogens is 386 g/mol. The Hall–Kier alpha value is -3.74. The normalized spacial score (nSPS) is 13.5. The molecule has 30 heavy (non-hydrogen) atoms. The summed E-state index contributed by atoms with van der Waals surface area (Å²) in [7, 11) is 0. The molecular formula is C23H19NO6. The average Bonchev–Trinajstić information content (AvgIpc) is 2.70. The second-order valence-electron chi connectivity index (χ2n) is 7.30. The molecule has 0 aliphatic carbocycles. The van der Waals surface area contributed by atoms with E-state index in [2.05, 4.69) is 0 Å². The first-order valence-electron chi connectivity index (χ1n) is 9.45. The number of hydrogen-bond acceptors (Lipinski definition) is 6. The number of rotatable bonds is 4. The highest BCUT2D eigenvalue weighted by atomic mass is 16.5. The van der Waals surface area contributed by atoms with E-state index in [-0.39, 0.29) is 13.0 Å². The van der Waals surface area contributed by atoms with Gasteiger partial charge in [0.2, 0.25) is 5.91 Å². The number of benzene rings is 2. The highest BCUT2D eigenvalue weighted by Gasteiger charge is 2.32. The summed E-state index contributed by atoms with van der Waals surface area (Å²) in [6, 6.07) is 11.7. The van der Waals surface area contributed by atoms with Crippen LogP contribution >= 0.6 is 0 Å². The number of esters is 1. The van der Waals surface area contributed by atoms with Gasteiger partial charge in [0, 0.05) is 22.6 Å². The predicted octanol–water partition coefficient (Wildman–Crippen LogP) is 2.68. The third-order valence-corrected chi connectivity index (χ3v) is 5.26. The zero-order valence-corrected chi connectivity index (χ0v) is 16.6. The van der Waals surface area contributed by atoms with Gasteiger partial charge >= 0.3 is 11.6 Å². The van der Waals surface area contributed by atoms with Crippen molar-refractivity contribution in [3.05, 3.63) is 80.7 Å². The summed E-state index contributed by atoms with van der Waals surface area (Å²) in [6.45, 7) is 3.19. The Kier molecular flexibility index (Phi) is 4.95. The molecule has 3 aromatic rings. The standard InChI is InChI=1S/C23H19NO6/c1-13-7-18-16(10-21(26)30-19(18)8-14(13)2)12-29-22(27)11-24-20(25)9-15-5-3-4-6-17(15)23(24)28/h3-8,10H,9,11-12H2,1-2H3. The van der Waals surface area contributed by atoms with Crippen molar-refractivity contribution in [2.24, 2.45) is 0 Å². The van der Waals surface area contributed by atoms with Crippen LogP contribution in [0.4, 0.5) is 0 Å². The molecule has 2 heterocycles. The number of carbonyl (C=O) groups is 3. The maximum absolute atomic E-state index is 12.6. The van der Waals surface area contributed by atoms with Gasteiger partial charge in [0.25, 0.3) is 5.91 Å². The Morgan fingerprint density at radius 3 is 2.60 bits per heavy atom. The fraction of sp³-hybridized carbons (Fsp3) is 0.217. The summed E-state index contributed by atoms with van der Waals surface area (Å²) in [5.74, 6) is -1.70. The van der Waals surface area contributed by atoms with Gasteiger partial charge in [0.15, 0.2) is 0 Å². The molecule has 0 atom stereocenters. The predicted molar refractivity (Wildman–Crippen MR) is 108 cm³/mol. The van der Waals surface area contributed by atoms with E-state index in [0.29, 0.717) is 27.7 Å². The van der Waals surface area contributed by atoms with Crippen LogP contribution in [-0.4, -0.2) is 29.2 Å². The zero-order valence-electron chi connectivity index (χ0n) is 16.6. The molecule has 1 aromatic heterocycles. The molecule has 7 nitrogen and oxygen atoms in total. The van der Waals surface area contributed by atoms with E-state index >= 15 is 0 Å². The number of ether oxygens (including phenoxy) is 1. The van der Waals surface area contributed by atoms with Crippen LogP contribution in [0.5, 0.6) is 0 Å². The monoisotopic (exact) mass is 405 g/mol. The summed E-state index contributed by atoms with van der Waals surface area (Å²) in [6.07, 6.45) is 0.0538. The van der Waals surface area contributed by atoms with Crippen molar-refractivity contribution >= 4 is 28.8 Å². The molecule has 0 saturated heterocycles. The third-order valence-electron chi connectivity index (χ3n) is 5.26. The Labute approximate surface area is 171 Å². The lowest BCUT2D eigenvalue weighted by Crippen LogP contribution is -2.45. The molecule has 0 unspecified atom stereocenters. The van der Waals surface area contributed by atoms with E-state index in [1.54, 1.807) is 30.3 Å². The van der Waals surface area contributed by atoms with Crippen LogP contribution in [0.25, 0.3) is 11.0 Å². The van der Waals surface area contributed by atoms with Gasteiger partial charge in [0.1, 0.15) is 18.7 Å². The lowest BCUT2D eigenvalue weighted by Gasteiger charge is -2.25. The third kappa shape index (κ3) is 3.61. The van der Waals surface area contributed by atoms with Crippen molar-refractivity contribution in [1.82, 2.24) is 4.90 Å². The fourth-order valence-corrected chi connectivity index (χ4v) is 3.50. The molecule has 0 fully saturated rings. The molecule has 152 valence electrons. The molecule has 0 bridgehead atoms. The van der Waals surface area contributed by atoms with E-state index in [9.17, 15) is 19.2 Å². The van der Waals surface area contributed by atoms with Gasteiger partial charge in [-0.15, -0.1) is 0 Å². The lowest BCUT2D eigenvalue weighted by atomic mass is 9.98. The van der Waals surface area contributed by atoms with Crippen molar-refractivity contribution in [2.45, 2.75) is 26.9 Å². The van der Waals surface area contributed by atoms with Gasteiger partial charge in [-0.3, -0.25) is 19.3 Å². The van der Waals surface area contributed by atoms with Crippen LogP contribution < -0.4 is 5.63 Å². The highest BCUT2D eigenvalue weighted by Crippen LogP contribution is 2.23. The summed E-state index contributed by atoms with van der Waals surface area (Å²) in [4.78, 5) is 50.0. The molecule has 0 N–H and O–H groups in total. The molecule has 7 heteroatoms. The summed E-state index contributed by atoms with van der Waals surface area (Å²) < 4.78 is 10.5. The fourth-order valence-electron chi connectivity index (χ4n) is 3.50. The van der Waals surface area contributed by atoms with Crippen molar-refractivity contribution in [2.75, 3.05) is 6.54 Å². The second kappa shape index (κ2) is 7.59. The van der Waals surface area contributed by atoms with Crippen molar-refractivity contribution in [3.63, 3.8) is 0 Å². The highest BCUT2D eigenvalue weighted by molar-refractivity contribution is 6.11. The number of amides is 2. The summed E-state index contributed by atoms with van der Waals surface area (Å²) in [5.41, 5.74) is 3.39. The van der Waals surface area contributed by atoms with Gasteiger partial charge in [0.05, 0.1) is 6.42 Å². The van der Waals surface area contributed by atoms with E-state index < -0.39 is 30.0 Å². The Morgan fingerprint density at radius 1 is 1.07 bits per heavy atom. The number of aryl methyl sites for hydroxylation is 2. The van der Waals surface area contributed by atoms with Gasteiger partial charge in [-0.2, -0.15) is 0 Å². The number of carbonyl (C=O) groups excluding carboxylic acids is 3. The van der Waals surface area contributed by atoms with Crippen molar-refractivity contribution in [1.29, 1.82) is 0 Å². The first-order valence-corrected chi connectivity index (χ1v) is 9.45. The first-order chi connectivity index (χ1) is 14.3. The molecule has 0 saturated carbocycles. The molecule has 1 aliphatic rings. The van der Waals surface area contributed by atoms with E-state index in [1.165, 1.54) is 6.07 Å². The Balaban J connectivity index is 1.51. The number of hydrogen-bond donors (Lipinski definition) is 0. The maximum Gasteiger partial charge on any atom is 0.336 e. The van der Waals surface area contributed by atoms with Crippen LogP contribution in [0.2, 0.25) is 0 Å². The van der Waals surface area contributed by atoms with E-state index in [1.807, 2.05) is 19.9 Å². The Bertz CT molecular complexity index is 1260. The van der Waals surface area contributed by atoms with Crippen LogP contribution in [-0.2, 0) is 27.4 Å². The minimum atomic E-state index is -0.735. The molecule has 2 aromatic carbocycles. The summed E-state index contributed by atoms with van der Waals surface area (Å²) >= 11 is 0. The van der Waals surface area contributed by atoms with Gasteiger partial charge in [-0.05, 0) is 48.7 Å². The smallest absolute Gasteiger partial charge is 0.336 e. The largest absolute Gasteiger partial charge is 0.459 e. The average molecular weight is 405 g/mol. The van der Waals surface area contributed by atoms with Gasteiger partial charge < -0.3 is 9.15 Å². The second-order valence-corrected chi connectivity index (χ2v) is 7.30. The van der Waals surface area contributed by atoms with Crippen LogP contribution in [0, 0.1) is 13.8 Å². The first kappa shape index (κ1) is 19.6. The van der Waals surface area contributed by atoms with Crippen LogP contribution in [0.15, 0.2) is 51.7 Å². The van der Waals surface area contributed by atoms with Gasteiger partial charge in [-0.1, -0.05) is 18.2 Å². The van der Waals surface area contributed by atoms with Gasteiger partial charge in [-0.25, -0.2) is 4.79 Å².